The molecule has 0 atom stereocenters. The molecule has 30 valence electrons. The van der Waals surface area contributed by atoms with E-state index in [4.69, 9.17) is 5.11 Å². The van der Waals surface area contributed by atoms with Gasteiger partial charge in [0.2, 0.25) is 0 Å². The molecule has 0 saturated heterocycles. The van der Waals surface area contributed by atoms with Gasteiger partial charge in [0.1, 0.15) is 0 Å². The minimum atomic E-state index is 0.0370. The number of hydrogen-bond donors (Lipinski definition) is 1. The lowest BCUT2D eigenvalue weighted by Crippen LogP contribution is -1.90. The van der Waals surface area contributed by atoms with Gasteiger partial charge in [0.25, 0.3) is 0 Å². The molecule has 0 aromatic carbocycles. The van der Waals surface area contributed by atoms with Crippen LogP contribution >= 0.6 is 12.2 Å². The minimum Gasteiger partial charge on any atom is -0.391 e. The normalized spacial score (nSPS) is 7.60. The van der Waals surface area contributed by atoms with Crippen LogP contribution in [0.15, 0.2) is 0 Å². The third-order valence-electron chi connectivity index (χ3n) is 0.223. The smallest absolute Gasteiger partial charge is 0.0741 e. The van der Waals surface area contributed by atoms with Gasteiger partial charge in [-0.3, -0.25) is 0 Å². The summed E-state index contributed by atoms with van der Waals surface area (Å²) in [5.41, 5.74) is 0. The first-order chi connectivity index (χ1) is 2.27. The van der Waals surface area contributed by atoms with E-state index in [1.165, 1.54) is 0 Å². The summed E-state index contributed by atoms with van der Waals surface area (Å²) in [6.45, 7) is 1.74. The summed E-state index contributed by atoms with van der Waals surface area (Å²) in [5, 5.41) is 8.00. The van der Waals surface area contributed by atoms with Crippen molar-refractivity contribution in [3.63, 3.8) is 0 Å². The van der Waals surface area contributed by atoms with Gasteiger partial charge >= 0.3 is 0 Å². The van der Waals surface area contributed by atoms with Gasteiger partial charge in [0.05, 0.1) is 6.61 Å². The Morgan fingerprint density at radius 2 is 2.20 bits per heavy atom. The molecule has 5 heavy (non-hydrogen) atoms. The fourth-order valence-corrected chi connectivity index (χ4v) is 0. The summed E-state index contributed by atoms with van der Waals surface area (Å²) in [4.78, 5) is 0.644. The molecular formula is C3H6OS. The van der Waals surface area contributed by atoms with Crippen LogP contribution in [-0.2, 0) is 0 Å². The Hall–Kier alpha value is 0.0500. The monoisotopic (exact) mass is 90.0 g/mol. The van der Waals surface area contributed by atoms with E-state index in [2.05, 4.69) is 12.2 Å². The van der Waals surface area contributed by atoms with Crippen LogP contribution in [0.1, 0.15) is 6.92 Å². The standard InChI is InChI=1S/C3H6OS/c1-3(5)2-4/h4H,2H2,1H3. The van der Waals surface area contributed by atoms with Crippen molar-refractivity contribution in [2.45, 2.75) is 6.92 Å². The van der Waals surface area contributed by atoms with E-state index in [0.29, 0.717) is 4.86 Å². The summed E-state index contributed by atoms with van der Waals surface area (Å²) in [5.74, 6) is 0. The molecule has 0 aliphatic heterocycles. The highest BCUT2D eigenvalue weighted by atomic mass is 32.1. The number of thiocarbonyl (C=S) groups is 1. The lowest BCUT2D eigenvalue weighted by Gasteiger charge is -1.76. The Kier molecular flexibility index (Phi) is 2.32. The molecule has 0 unspecified atom stereocenters. The maximum atomic E-state index is 8.00. The summed E-state index contributed by atoms with van der Waals surface area (Å²) < 4.78 is 0. The quantitative estimate of drug-likeness (QED) is 0.469. The van der Waals surface area contributed by atoms with Crippen LogP contribution in [0.4, 0.5) is 0 Å². The zero-order valence-corrected chi connectivity index (χ0v) is 3.88. The van der Waals surface area contributed by atoms with Crippen molar-refractivity contribution in [2.24, 2.45) is 0 Å². The van der Waals surface area contributed by atoms with Crippen molar-refractivity contribution in [3.8, 4) is 0 Å². The Morgan fingerprint density at radius 3 is 2.20 bits per heavy atom. The van der Waals surface area contributed by atoms with Crippen molar-refractivity contribution >= 4 is 17.1 Å². The lowest BCUT2D eigenvalue weighted by molar-refractivity contribution is 0.359. The zero-order chi connectivity index (χ0) is 4.28. The molecule has 0 spiro atoms. The largest absolute Gasteiger partial charge is 0.391 e. The third-order valence-corrected chi connectivity index (χ3v) is 0.352. The molecule has 0 aliphatic rings. The Morgan fingerprint density at radius 1 is 2.00 bits per heavy atom. The first-order valence-electron chi connectivity index (χ1n) is 1.37. The molecule has 0 radical (unpaired) electrons. The zero-order valence-electron chi connectivity index (χ0n) is 3.06. The van der Waals surface area contributed by atoms with E-state index in [1.807, 2.05) is 0 Å². The summed E-state index contributed by atoms with van der Waals surface area (Å²) in [6.07, 6.45) is 0. The molecule has 2 heteroatoms. The van der Waals surface area contributed by atoms with Crippen molar-refractivity contribution in [1.82, 2.24) is 0 Å². The van der Waals surface area contributed by atoms with Gasteiger partial charge in [0, 0.05) is 4.86 Å². The molecular weight excluding hydrogens is 84.1 g/mol. The predicted molar refractivity (Wildman–Crippen MR) is 25.4 cm³/mol. The van der Waals surface area contributed by atoms with Crippen LogP contribution in [0.25, 0.3) is 0 Å². The summed E-state index contributed by atoms with van der Waals surface area (Å²) >= 11 is 4.45. The Bertz CT molecular complexity index is 42.2. The van der Waals surface area contributed by atoms with Gasteiger partial charge in [-0.1, -0.05) is 12.2 Å². The van der Waals surface area contributed by atoms with Crippen LogP contribution in [0.2, 0.25) is 0 Å². The summed E-state index contributed by atoms with van der Waals surface area (Å²) in [7, 11) is 0. The topological polar surface area (TPSA) is 20.2 Å². The van der Waals surface area contributed by atoms with Crippen LogP contribution in [0, 0.1) is 0 Å². The van der Waals surface area contributed by atoms with Crippen molar-refractivity contribution in [2.75, 3.05) is 6.61 Å². The first kappa shape index (κ1) is 5.05. The molecule has 0 heterocycles. The van der Waals surface area contributed by atoms with Crippen LogP contribution < -0.4 is 0 Å². The van der Waals surface area contributed by atoms with E-state index in [9.17, 15) is 0 Å². The van der Waals surface area contributed by atoms with E-state index in [-0.39, 0.29) is 6.61 Å². The molecule has 0 aromatic rings. The molecule has 1 nitrogen and oxygen atoms in total. The highest BCUT2D eigenvalue weighted by Crippen LogP contribution is 1.65. The molecule has 1 N–H and O–H groups in total. The third kappa shape index (κ3) is 4.05. The molecule has 0 saturated carbocycles. The SMILES string of the molecule is CC(=S)CO. The number of rotatable bonds is 1. The predicted octanol–water partition coefficient (Wildman–Crippen LogP) is 0.368. The fourth-order valence-electron chi connectivity index (χ4n) is 0. The van der Waals surface area contributed by atoms with E-state index < -0.39 is 0 Å². The Balaban J connectivity index is 2.85. The van der Waals surface area contributed by atoms with Crippen molar-refractivity contribution < 1.29 is 5.11 Å². The summed E-state index contributed by atoms with van der Waals surface area (Å²) in [6, 6.07) is 0. The molecule has 0 aliphatic carbocycles. The van der Waals surface area contributed by atoms with E-state index >= 15 is 0 Å². The minimum absolute atomic E-state index is 0.0370. The van der Waals surface area contributed by atoms with Crippen LogP contribution in [0.3, 0.4) is 0 Å². The maximum Gasteiger partial charge on any atom is 0.0741 e. The first-order valence-corrected chi connectivity index (χ1v) is 1.78. The number of hydrogen-bond acceptors (Lipinski definition) is 2. The van der Waals surface area contributed by atoms with Gasteiger partial charge < -0.3 is 5.11 Å². The van der Waals surface area contributed by atoms with Gasteiger partial charge in [-0.15, -0.1) is 0 Å². The molecule has 0 amide bonds. The molecule has 0 fully saturated rings. The maximum absolute atomic E-state index is 8.00. The number of aliphatic hydroxyl groups excluding tert-OH is 1. The Labute approximate surface area is 36.6 Å². The lowest BCUT2D eigenvalue weighted by atomic mass is 10.5. The van der Waals surface area contributed by atoms with Crippen molar-refractivity contribution in [3.05, 3.63) is 0 Å². The van der Waals surface area contributed by atoms with E-state index in [1.54, 1.807) is 6.92 Å². The highest BCUT2D eigenvalue weighted by molar-refractivity contribution is 7.80. The van der Waals surface area contributed by atoms with Gasteiger partial charge in [-0.25, -0.2) is 0 Å². The fraction of sp³-hybridized carbons (Fsp3) is 0.667. The van der Waals surface area contributed by atoms with Crippen LogP contribution in [-0.4, -0.2) is 16.6 Å². The van der Waals surface area contributed by atoms with Gasteiger partial charge in [-0.05, 0) is 6.92 Å². The second-order valence-electron chi connectivity index (χ2n) is 0.860. The molecule has 0 rings (SSSR count). The average Bonchev–Trinajstić information content (AvgIpc) is 1.38. The second kappa shape index (κ2) is 2.30. The van der Waals surface area contributed by atoms with Gasteiger partial charge in [-0.2, -0.15) is 0 Å². The van der Waals surface area contributed by atoms with Crippen molar-refractivity contribution in [1.29, 1.82) is 0 Å². The van der Waals surface area contributed by atoms with E-state index in [0.717, 1.165) is 0 Å². The molecule has 0 aromatic heterocycles. The van der Waals surface area contributed by atoms with Crippen LogP contribution in [0.5, 0.6) is 0 Å². The van der Waals surface area contributed by atoms with Gasteiger partial charge in [0.15, 0.2) is 0 Å². The average molecular weight is 90.1 g/mol. The number of aliphatic hydroxyl groups is 1. The second-order valence-corrected chi connectivity index (χ2v) is 1.56. The molecule has 0 bridgehead atoms. The highest BCUT2D eigenvalue weighted by Gasteiger charge is 1.72.